The summed E-state index contributed by atoms with van der Waals surface area (Å²) in [6.45, 7) is 0.751. The van der Waals surface area contributed by atoms with Gasteiger partial charge in [0.1, 0.15) is 12.7 Å². The molecular formula is C5H10N6+. The number of hydrogen-bond acceptors (Lipinski definition) is 6. The van der Waals surface area contributed by atoms with Gasteiger partial charge in [-0.15, -0.1) is 0 Å². The average Bonchev–Trinajstić information content (AvgIpc) is 2.41. The van der Waals surface area contributed by atoms with Crippen LogP contribution in [0.1, 0.15) is 0 Å². The topological polar surface area (TPSA) is 76.8 Å². The van der Waals surface area contributed by atoms with E-state index >= 15 is 0 Å². The van der Waals surface area contributed by atoms with Crippen LogP contribution in [0, 0.1) is 0 Å². The third kappa shape index (κ3) is 0.778. The van der Waals surface area contributed by atoms with Gasteiger partial charge < -0.3 is 5.73 Å². The Hall–Kier alpha value is -0.950. The maximum atomic E-state index is 5.64. The molecule has 59 valence electrons. The third-order valence-corrected chi connectivity index (χ3v) is 1.78. The van der Waals surface area contributed by atoms with Crippen LogP contribution in [-0.2, 0) is 0 Å². The first-order valence-electron chi connectivity index (χ1n) is 3.28. The molecule has 6 nitrogen and oxygen atoms in total. The van der Waals surface area contributed by atoms with E-state index in [0.29, 0.717) is 5.96 Å². The average molecular weight is 154 g/mol. The highest BCUT2D eigenvalue weighted by atomic mass is 16.0. The van der Waals surface area contributed by atoms with Crippen molar-refractivity contribution >= 4 is 5.96 Å². The Labute approximate surface area is 64.3 Å². The van der Waals surface area contributed by atoms with Crippen LogP contribution in [0.2, 0.25) is 0 Å². The van der Waals surface area contributed by atoms with Crippen molar-refractivity contribution in [3.8, 4) is 0 Å². The van der Waals surface area contributed by atoms with E-state index in [1.165, 1.54) is 5.23 Å². The van der Waals surface area contributed by atoms with E-state index in [2.05, 4.69) is 4.99 Å². The Balaban J connectivity index is 2.29. The summed E-state index contributed by atoms with van der Waals surface area (Å²) >= 11 is 0. The zero-order valence-corrected chi connectivity index (χ0v) is 6.23. The molecule has 0 atom stereocenters. The van der Waals surface area contributed by atoms with Crippen LogP contribution in [-0.4, -0.2) is 29.8 Å². The Morgan fingerprint density at radius 2 is 2.45 bits per heavy atom. The predicted octanol–water partition coefficient (Wildman–Crippen LogP) is -1.75. The van der Waals surface area contributed by atoms with E-state index in [1.807, 2.05) is 12.1 Å². The molecule has 0 aromatic carbocycles. The van der Waals surface area contributed by atoms with Gasteiger partial charge in [-0.1, -0.05) is 0 Å². The molecule has 2 aliphatic heterocycles. The number of rotatable bonds is 0. The number of likely N-dealkylation sites (N-methyl/N-ethyl adjacent to an activating group) is 1. The highest BCUT2D eigenvalue weighted by Gasteiger charge is 2.47. The molecule has 0 aromatic rings. The molecule has 4 N–H and O–H groups in total. The fraction of sp³-hybridized carbons (Fsp3) is 0.400. The summed E-state index contributed by atoms with van der Waals surface area (Å²) in [5, 5.41) is 4.95. The molecule has 6 heteroatoms. The SMILES string of the molecule is CN1CC2=CN=C(N)[N+]2N1N. The van der Waals surface area contributed by atoms with Crippen LogP contribution in [0.25, 0.3) is 0 Å². The minimum Gasteiger partial charge on any atom is -0.331 e. The zero-order valence-electron chi connectivity index (χ0n) is 6.23. The Bertz CT molecular complexity index is 243. The van der Waals surface area contributed by atoms with Gasteiger partial charge in [-0.05, 0) is 0 Å². The third-order valence-electron chi connectivity index (χ3n) is 1.78. The van der Waals surface area contributed by atoms with Crippen LogP contribution in [0.4, 0.5) is 0 Å². The second-order valence-corrected chi connectivity index (χ2v) is 2.56. The van der Waals surface area contributed by atoms with Crippen molar-refractivity contribution in [3.63, 3.8) is 0 Å². The molecule has 1 fully saturated rings. The summed E-state index contributed by atoms with van der Waals surface area (Å²) < 4.78 is 0. The number of nitrogens with zero attached hydrogens (tertiary/aromatic N) is 4. The molecule has 11 heavy (non-hydrogen) atoms. The molecule has 0 aliphatic carbocycles. The van der Waals surface area contributed by atoms with Gasteiger partial charge in [-0.25, -0.2) is 5.84 Å². The molecule has 0 bridgehead atoms. The molecule has 1 radical (unpaired) electrons. The summed E-state index contributed by atoms with van der Waals surface area (Å²) in [6, 6.07) is 0. The molecule has 0 saturated carbocycles. The first-order valence-corrected chi connectivity index (χ1v) is 3.28. The molecular weight excluding hydrogens is 144 g/mol. The highest BCUT2D eigenvalue weighted by Crippen LogP contribution is 2.17. The van der Waals surface area contributed by atoms with E-state index < -0.39 is 0 Å². The Morgan fingerprint density at radius 1 is 1.73 bits per heavy atom. The molecule has 2 rings (SSSR count). The lowest BCUT2D eigenvalue weighted by Crippen LogP contribution is -2.55. The van der Waals surface area contributed by atoms with Crippen molar-refractivity contribution in [1.82, 2.24) is 15.2 Å². The van der Waals surface area contributed by atoms with E-state index in [0.717, 1.165) is 12.2 Å². The highest BCUT2D eigenvalue weighted by molar-refractivity contribution is 5.85. The standard InChI is InChI=1S/C5H10N6/c1-9-3-4-2-8-5(6)10(4)11(9)7/h2H,3,7H2,1H3,(H2,6,8)/q+1. The molecule has 0 unspecified atom stereocenters. The largest absolute Gasteiger partial charge is 0.380 e. The summed E-state index contributed by atoms with van der Waals surface area (Å²) in [6.07, 6.45) is 1.72. The fourth-order valence-corrected chi connectivity index (χ4v) is 1.20. The number of aliphatic imine (C=N–C) groups is 1. The van der Waals surface area contributed by atoms with Gasteiger partial charge in [0.2, 0.25) is 5.70 Å². The molecule has 0 amide bonds. The van der Waals surface area contributed by atoms with Gasteiger partial charge in [0.15, 0.2) is 0 Å². The van der Waals surface area contributed by atoms with Gasteiger partial charge in [0.25, 0.3) is 0 Å². The lowest BCUT2D eigenvalue weighted by atomic mass is 10.5. The Morgan fingerprint density at radius 3 is 3.09 bits per heavy atom. The first-order chi connectivity index (χ1) is 5.20. The summed E-state index contributed by atoms with van der Waals surface area (Å²) in [4.78, 5) is 3.92. The number of guanidine groups is 1. The van der Waals surface area contributed by atoms with Crippen molar-refractivity contribution < 1.29 is 0 Å². The van der Waals surface area contributed by atoms with Gasteiger partial charge in [0, 0.05) is 7.05 Å². The van der Waals surface area contributed by atoms with E-state index in [-0.39, 0.29) is 0 Å². The van der Waals surface area contributed by atoms with Crippen molar-refractivity contribution in [1.29, 1.82) is 0 Å². The molecule has 2 aliphatic rings. The minimum atomic E-state index is 0.423. The molecule has 0 aromatic heterocycles. The van der Waals surface area contributed by atoms with Crippen molar-refractivity contribution in [2.75, 3.05) is 13.6 Å². The maximum Gasteiger partial charge on any atom is 0.380 e. The molecule has 1 saturated heterocycles. The van der Waals surface area contributed by atoms with Crippen LogP contribution in [0.15, 0.2) is 16.9 Å². The maximum absolute atomic E-state index is 5.64. The van der Waals surface area contributed by atoms with Crippen molar-refractivity contribution in [3.05, 3.63) is 11.9 Å². The lowest BCUT2D eigenvalue weighted by Gasteiger charge is -2.11. The summed E-state index contributed by atoms with van der Waals surface area (Å²) in [5.41, 5.74) is 6.56. The minimum absolute atomic E-state index is 0.423. The number of hydrazine groups is 3. The van der Waals surface area contributed by atoms with Gasteiger partial charge >= 0.3 is 5.96 Å². The predicted molar refractivity (Wildman–Crippen MR) is 40.5 cm³/mol. The van der Waals surface area contributed by atoms with E-state index in [1.54, 1.807) is 11.2 Å². The van der Waals surface area contributed by atoms with Gasteiger partial charge in [-0.2, -0.15) is 10.0 Å². The normalized spacial score (nSPS) is 27.1. The number of nitrogens with two attached hydrogens (primary N) is 2. The van der Waals surface area contributed by atoms with Crippen LogP contribution >= 0.6 is 0 Å². The lowest BCUT2D eigenvalue weighted by molar-refractivity contribution is -0.0163. The van der Waals surface area contributed by atoms with E-state index in [4.69, 9.17) is 11.6 Å². The van der Waals surface area contributed by atoms with Gasteiger partial charge in [0.05, 0.1) is 10.2 Å². The van der Waals surface area contributed by atoms with Gasteiger partial charge in [-0.3, -0.25) is 0 Å². The van der Waals surface area contributed by atoms with E-state index in [9.17, 15) is 0 Å². The summed E-state index contributed by atoms with van der Waals surface area (Å²) in [5.74, 6) is 6.06. The monoisotopic (exact) mass is 154 g/mol. The Kier molecular flexibility index (Phi) is 1.24. The van der Waals surface area contributed by atoms with Crippen LogP contribution in [0.3, 0.4) is 0 Å². The molecule has 0 spiro atoms. The van der Waals surface area contributed by atoms with Crippen molar-refractivity contribution in [2.45, 2.75) is 0 Å². The summed E-state index contributed by atoms with van der Waals surface area (Å²) in [7, 11) is 1.88. The van der Waals surface area contributed by atoms with Crippen LogP contribution < -0.4 is 16.6 Å². The van der Waals surface area contributed by atoms with Crippen molar-refractivity contribution in [2.24, 2.45) is 16.6 Å². The molecule has 2 heterocycles. The number of hydrogen-bond donors (Lipinski definition) is 2. The zero-order chi connectivity index (χ0) is 8.01. The fourth-order valence-electron chi connectivity index (χ4n) is 1.20. The first kappa shape index (κ1) is 6.74. The van der Waals surface area contributed by atoms with Crippen LogP contribution in [0.5, 0.6) is 0 Å². The second kappa shape index (κ2) is 2.02. The smallest absolute Gasteiger partial charge is 0.331 e. The quantitative estimate of drug-likeness (QED) is 0.320. The second-order valence-electron chi connectivity index (χ2n) is 2.56. The number of fused-ring (bicyclic) bond motifs is 1.